The zero-order chi connectivity index (χ0) is 11.9. The molecule has 0 N–H and O–H groups in total. The van der Waals surface area contributed by atoms with Crippen molar-refractivity contribution < 1.29 is 0 Å². The van der Waals surface area contributed by atoms with Gasteiger partial charge < -0.3 is 0 Å². The maximum absolute atomic E-state index is 2.37. The van der Waals surface area contributed by atoms with E-state index in [0.29, 0.717) is 11.8 Å². The van der Waals surface area contributed by atoms with Crippen LogP contribution in [-0.4, -0.2) is 0 Å². The Morgan fingerprint density at radius 1 is 0.941 bits per heavy atom. The van der Waals surface area contributed by atoms with Gasteiger partial charge in [0.05, 0.1) is 0 Å². The van der Waals surface area contributed by atoms with Crippen molar-refractivity contribution in [2.45, 2.75) is 19.8 Å². The molecule has 0 heteroatoms. The summed E-state index contributed by atoms with van der Waals surface area (Å²) in [4.78, 5) is 0. The molecule has 2 aliphatic rings. The monoisotopic (exact) mass is 222 g/mol. The van der Waals surface area contributed by atoms with Gasteiger partial charge in [0.1, 0.15) is 0 Å². The minimum atomic E-state index is 0.243. The first-order valence-corrected chi connectivity index (χ1v) is 6.32. The van der Waals surface area contributed by atoms with Gasteiger partial charge in [0.15, 0.2) is 0 Å². The molecule has 0 radical (unpaired) electrons. The summed E-state index contributed by atoms with van der Waals surface area (Å²) in [5.41, 5.74) is 3.11. The highest BCUT2D eigenvalue weighted by Crippen LogP contribution is 2.48. The molecule has 0 spiro atoms. The van der Waals surface area contributed by atoms with E-state index in [-0.39, 0.29) is 5.41 Å². The van der Waals surface area contributed by atoms with Crippen LogP contribution < -0.4 is 0 Å². The average Bonchev–Trinajstić information content (AvgIpc) is 2.99. The molecule has 3 rings (SSSR count). The fraction of sp³-hybridized carbons (Fsp3) is 0.294. The SMILES string of the molecule is CC(C)(C1C=CC=C1)C1C=Cc2ccccc21. The third kappa shape index (κ3) is 1.59. The molecular weight excluding hydrogens is 204 g/mol. The number of allylic oxidation sites excluding steroid dienone is 5. The van der Waals surface area contributed by atoms with Crippen molar-refractivity contribution in [1.82, 2.24) is 0 Å². The lowest BCUT2D eigenvalue weighted by atomic mass is 9.68. The zero-order valence-electron chi connectivity index (χ0n) is 10.4. The number of fused-ring (bicyclic) bond motifs is 1. The standard InChI is InChI=1S/C17H18/c1-17(2,14-8-4-5-9-14)16-12-11-13-7-3-6-10-15(13)16/h3-12,14,16H,1-2H3. The van der Waals surface area contributed by atoms with E-state index < -0.39 is 0 Å². The minimum absolute atomic E-state index is 0.243. The molecule has 1 atom stereocenters. The molecule has 0 saturated carbocycles. The maximum atomic E-state index is 2.37. The van der Waals surface area contributed by atoms with Gasteiger partial charge in [0, 0.05) is 11.8 Å². The molecule has 0 aromatic heterocycles. The van der Waals surface area contributed by atoms with Crippen LogP contribution in [0.1, 0.15) is 30.9 Å². The molecule has 1 aromatic carbocycles. The summed E-state index contributed by atoms with van der Waals surface area (Å²) < 4.78 is 0. The summed E-state index contributed by atoms with van der Waals surface area (Å²) in [7, 11) is 0. The topological polar surface area (TPSA) is 0 Å². The normalized spacial score (nSPS) is 22.4. The highest BCUT2D eigenvalue weighted by molar-refractivity contribution is 5.63. The third-order valence-electron chi connectivity index (χ3n) is 4.21. The van der Waals surface area contributed by atoms with Gasteiger partial charge in [0.25, 0.3) is 0 Å². The zero-order valence-corrected chi connectivity index (χ0v) is 10.4. The third-order valence-corrected chi connectivity index (χ3v) is 4.21. The van der Waals surface area contributed by atoms with E-state index in [2.05, 4.69) is 74.6 Å². The molecule has 0 amide bonds. The van der Waals surface area contributed by atoms with Crippen LogP contribution in [-0.2, 0) is 0 Å². The van der Waals surface area contributed by atoms with E-state index in [4.69, 9.17) is 0 Å². The van der Waals surface area contributed by atoms with Gasteiger partial charge in [-0.1, -0.05) is 74.6 Å². The van der Waals surface area contributed by atoms with Crippen LogP contribution >= 0.6 is 0 Å². The van der Waals surface area contributed by atoms with Crippen molar-refractivity contribution >= 4 is 6.08 Å². The van der Waals surface area contributed by atoms with Crippen molar-refractivity contribution in [3.63, 3.8) is 0 Å². The van der Waals surface area contributed by atoms with Gasteiger partial charge in [0.2, 0.25) is 0 Å². The smallest absolute Gasteiger partial charge is 0.00870 e. The molecule has 2 aliphatic carbocycles. The summed E-state index contributed by atoms with van der Waals surface area (Å²) in [6, 6.07) is 8.75. The van der Waals surface area contributed by atoms with E-state index in [0.717, 1.165) is 0 Å². The quantitative estimate of drug-likeness (QED) is 0.688. The molecule has 0 aliphatic heterocycles. The molecule has 1 unspecified atom stereocenters. The summed E-state index contributed by atoms with van der Waals surface area (Å²) in [6.07, 6.45) is 13.6. The van der Waals surface area contributed by atoms with E-state index in [1.807, 2.05) is 0 Å². The van der Waals surface area contributed by atoms with E-state index in [1.165, 1.54) is 11.1 Å². The number of hydrogen-bond acceptors (Lipinski definition) is 0. The van der Waals surface area contributed by atoms with Crippen molar-refractivity contribution in [2.24, 2.45) is 11.3 Å². The van der Waals surface area contributed by atoms with Gasteiger partial charge in [-0.3, -0.25) is 0 Å². The molecule has 0 bridgehead atoms. The second kappa shape index (κ2) is 3.73. The first kappa shape index (κ1) is 10.6. The first-order valence-electron chi connectivity index (χ1n) is 6.32. The van der Waals surface area contributed by atoms with Crippen molar-refractivity contribution in [2.75, 3.05) is 0 Å². The largest absolute Gasteiger partial charge is 0.0771 e. The molecular formula is C17H18. The molecule has 86 valence electrons. The Balaban J connectivity index is 1.99. The molecule has 0 heterocycles. The van der Waals surface area contributed by atoms with Gasteiger partial charge in [-0.2, -0.15) is 0 Å². The minimum Gasteiger partial charge on any atom is -0.0771 e. The Morgan fingerprint density at radius 2 is 1.65 bits per heavy atom. The fourth-order valence-corrected chi connectivity index (χ4v) is 3.03. The van der Waals surface area contributed by atoms with E-state index in [1.54, 1.807) is 0 Å². The Labute approximate surface area is 103 Å². The summed E-state index contributed by atoms with van der Waals surface area (Å²) in [6.45, 7) is 4.74. The Kier molecular flexibility index (Phi) is 2.32. The average molecular weight is 222 g/mol. The lowest BCUT2D eigenvalue weighted by Crippen LogP contribution is -2.26. The molecule has 17 heavy (non-hydrogen) atoms. The summed E-state index contributed by atoms with van der Waals surface area (Å²) >= 11 is 0. The first-order chi connectivity index (χ1) is 8.19. The van der Waals surface area contributed by atoms with Crippen LogP contribution in [0.15, 0.2) is 54.6 Å². The number of hydrogen-bond donors (Lipinski definition) is 0. The van der Waals surface area contributed by atoms with Crippen molar-refractivity contribution in [1.29, 1.82) is 0 Å². The van der Waals surface area contributed by atoms with Gasteiger partial charge in [-0.15, -0.1) is 0 Å². The molecule has 0 nitrogen and oxygen atoms in total. The lowest BCUT2D eigenvalue weighted by molar-refractivity contribution is 0.272. The van der Waals surface area contributed by atoms with Gasteiger partial charge in [-0.25, -0.2) is 0 Å². The Morgan fingerprint density at radius 3 is 2.41 bits per heavy atom. The highest BCUT2D eigenvalue weighted by atomic mass is 14.4. The van der Waals surface area contributed by atoms with Crippen LogP contribution in [0.5, 0.6) is 0 Å². The Hall–Kier alpha value is -1.56. The lowest BCUT2D eigenvalue weighted by Gasteiger charge is -2.35. The van der Waals surface area contributed by atoms with E-state index in [9.17, 15) is 0 Å². The van der Waals surface area contributed by atoms with Crippen molar-refractivity contribution in [3.05, 3.63) is 65.8 Å². The molecule has 1 aromatic rings. The van der Waals surface area contributed by atoms with Gasteiger partial charge >= 0.3 is 0 Å². The molecule has 0 fully saturated rings. The fourth-order valence-electron chi connectivity index (χ4n) is 3.03. The van der Waals surface area contributed by atoms with Crippen LogP contribution in [0.3, 0.4) is 0 Å². The summed E-state index contributed by atoms with van der Waals surface area (Å²) in [5.74, 6) is 1.07. The number of benzene rings is 1. The van der Waals surface area contributed by atoms with Crippen LogP contribution in [0, 0.1) is 11.3 Å². The maximum Gasteiger partial charge on any atom is 0.00870 e. The molecule has 0 saturated heterocycles. The predicted octanol–water partition coefficient (Wildman–Crippen LogP) is 4.57. The second-order valence-electron chi connectivity index (χ2n) is 5.58. The van der Waals surface area contributed by atoms with E-state index >= 15 is 0 Å². The van der Waals surface area contributed by atoms with Crippen LogP contribution in [0.2, 0.25) is 0 Å². The summed E-state index contributed by atoms with van der Waals surface area (Å²) in [5, 5.41) is 0. The van der Waals surface area contributed by atoms with Crippen LogP contribution in [0.25, 0.3) is 6.08 Å². The van der Waals surface area contributed by atoms with Crippen molar-refractivity contribution in [3.8, 4) is 0 Å². The predicted molar refractivity (Wildman–Crippen MR) is 73.8 cm³/mol. The Bertz CT molecular complexity index is 503. The van der Waals surface area contributed by atoms with Crippen LogP contribution in [0.4, 0.5) is 0 Å². The number of rotatable bonds is 2. The second-order valence-corrected chi connectivity index (χ2v) is 5.58. The van der Waals surface area contributed by atoms with Gasteiger partial charge in [-0.05, 0) is 16.5 Å². The highest BCUT2D eigenvalue weighted by Gasteiger charge is 2.37.